The highest BCUT2D eigenvalue weighted by molar-refractivity contribution is 5.84. The summed E-state index contributed by atoms with van der Waals surface area (Å²) in [5.74, 6) is 1.08. The fourth-order valence-electron chi connectivity index (χ4n) is 3.92. The number of amides is 1. The van der Waals surface area contributed by atoms with Gasteiger partial charge in [-0.2, -0.15) is 0 Å². The van der Waals surface area contributed by atoms with Crippen molar-refractivity contribution in [1.29, 1.82) is 0 Å². The van der Waals surface area contributed by atoms with Crippen molar-refractivity contribution in [2.24, 2.45) is 17.3 Å². The summed E-state index contributed by atoms with van der Waals surface area (Å²) in [4.78, 5) is 17.1. The lowest BCUT2D eigenvalue weighted by Crippen LogP contribution is -2.49. The number of nitrogens with zero attached hydrogens (tertiary/aromatic N) is 2. The number of carbonyl (C=O) groups is 1. The zero-order valence-corrected chi connectivity index (χ0v) is 15.1. The molecule has 1 aromatic carbocycles. The molecule has 4 nitrogen and oxygen atoms in total. The standard InChI is InChI=1S/C20H28N2O2/c1-14(2)13-15-18(20(15,3)4)19(24)22-11-9-21(10-12-22)16-7-5-6-8-17(16)23/h5-8,13,15,18,23H,9-12H2,1-4H3/t15-,18-/m1/s1. The van der Waals surface area contributed by atoms with Crippen LogP contribution in [0, 0.1) is 17.3 Å². The minimum Gasteiger partial charge on any atom is -0.506 e. The number of anilines is 1. The van der Waals surface area contributed by atoms with E-state index in [-0.39, 0.29) is 11.3 Å². The van der Waals surface area contributed by atoms with Gasteiger partial charge in [0.2, 0.25) is 5.91 Å². The fraction of sp³-hybridized carbons (Fsp3) is 0.550. The first-order valence-corrected chi connectivity index (χ1v) is 8.79. The molecule has 1 aliphatic carbocycles. The number of hydrogen-bond donors (Lipinski definition) is 1. The molecule has 0 aromatic heterocycles. The summed E-state index contributed by atoms with van der Waals surface area (Å²) < 4.78 is 0. The number of allylic oxidation sites excluding steroid dienone is 2. The minimum atomic E-state index is 0.0726. The molecule has 1 N–H and O–H groups in total. The van der Waals surface area contributed by atoms with Crippen molar-refractivity contribution in [3.05, 3.63) is 35.9 Å². The van der Waals surface area contributed by atoms with Crippen molar-refractivity contribution in [1.82, 2.24) is 4.90 Å². The summed E-state index contributed by atoms with van der Waals surface area (Å²) in [5, 5.41) is 9.99. The van der Waals surface area contributed by atoms with E-state index in [9.17, 15) is 9.90 Å². The molecule has 130 valence electrons. The molecule has 24 heavy (non-hydrogen) atoms. The Labute approximate surface area is 144 Å². The van der Waals surface area contributed by atoms with Crippen LogP contribution in [-0.4, -0.2) is 42.1 Å². The van der Waals surface area contributed by atoms with Crippen LogP contribution >= 0.6 is 0 Å². The summed E-state index contributed by atoms with van der Waals surface area (Å²) in [6.07, 6.45) is 2.25. The molecule has 3 rings (SSSR count). The molecular weight excluding hydrogens is 300 g/mol. The van der Waals surface area contributed by atoms with E-state index >= 15 is 0 Å². The monoisotopic (exact) mass is 328 g/mol. The molecule has 0 bridgehead atoms. The summed E-state index contributed by atoms with van der Waals surface area (Å²) in [7, 11) is 0. The lowest BCUT2D eigenvalue weighted by molar-refractivity contribution is -0.133. The second kappa shape index (κ2) is 6.15. The van der Waals surface area contributed by atoms with Crippen molar-refractivity contribution in [2.75, 3.05) is 31.1 Å². The fourth-order valence-corrected chi connectivity index (χ4v) is 3.92. The van der Waals surface area contributed by atoms with Crippen molar-refractivity contribution >= 4 is 11.6 Å². The Hall–Kier alpha value is -1.97. The lowest BCUT2D eigenvalue weighted by atomic mass is 10.1. The van der Waals surface area contributed by atoms with Crippen LogP contribution in [0.1, 0.15) is 27.7 Å². The van der Waals surface area contributed by atoms with Gasteiger partial charge in [0, 0.05) is 26.2 Å². The van der Waals surface area contributed by atoms with Crippen LogP contribution in [0.3, 0.4) is 0 Å². The average molecular weight is 328 g/mol. The van der Waals surface area contributed by atoms with Gasteiger partial charge in [-0.25, -0.2) is 0 Å². The molecule has 2 atom stereocenters. The molecule has 1 heterocycles. The Morgan fingerprint density at radius 2 is 1.79 bits per heavy atom. The molecule has 2 aliphatic rings. The predicted octanol–water partition coefficient (Wildman–Crippen LogP) is 3.28. The number of phenols is 1. The third-order valence-corrected chi connectivity index (χ3v) is 5.50. The van der Waals surface area contributed by atoms with E-state index in [1.54, 1.807) is 6.07 Å². The summed E-state index contributed by atoms with van der Waals surface area (Å²) >= 11 is 0. The van der Waals surface area contributed by atoms with E-state index in [0.717, 1.165) is 31.9 Å². The maximum Gasteiger partial charge on any atom is 0.226 e. The Bertz CT molecular complexity index is 653. The van der Waals surface area contributed by atoms with Gasteiger partial charge < -0.3 is 14.9 Å². The van der Waals surface area contributed by atoms with Gasteiger partial charge in [-0.05, 0) is 37.3 Å². The van der Waals surface area contributed by atoms with E-state index in [1.807, 2.05) is 23.1 Å². The van der Waals surface area contributed by atoms with Crippen LogP contribution in [0.5, 0.6) is 5.75 Å². The second-order valence-electron chi connectivity index (χ2n) is 7.87. The first-order chi connectivity index (χ1) is 11.3. The van der Waals surface area contributed by atoms with Gasteiger partial charge in [-0.1, -0.05) is 37.6 Å². The maximum absolute atomic E-state index is 12.9. The lowest BCUT2D eigenvalue weighted by Gasteiger charge is -2.36. The zero-order chi connectivity index (χ0) is 17.5. The molecule has 0 spiro atoms. The number of phenolic OH excluding ortho intramolecular Hbond substituents is 1. The Kier molecular flexibility index (Phi) is 4.33. The highest BCUT2D eigenvalue weighted by Crippen LogP contribution is 2.60. The number of piperazine rings is 1. The molecule has 4 heteroatoms. The molecular formula is C20H28N2O2. The number of benzene rings is 1. The topological polar surface area (TPSA) is 43.8 Å². The van der Waals surface area contributed by atoms with Crippen LogP contribution in [0.25, 0.3) is 0 Å². The predicted molar refractivity (Wildman–Crippen MR) is 97.1 cm³/mol. The largest absolute Gasteiger partial charge is 0.506 e. The van der Waals surface area contributed by atoms with Crippen LogP contribution in [0.2, 0.25) is 0 Å². The zero-order valence-electron chi connectivity index (χ0n) is 15.1. The minimum absolute atomic E-state index is 0.0726. The van der Waals surface area contributed by atoms with Gasteiger partial charge in [0.25, 0.3) is 0 Å². The van der Waals surface area contributed by atoms with E-state index in [0.29, 0.717) is 17.6 Å². The van der Waals surface area contributed by atoms with Gasteiger partial charge in [0.15, 0.2) is 0 Å². The van der Waals surface area contributed by atoms with Crippen LogP contribution < -0.4 is 4.90 Å². The van der Waals surface area contributed by atoms with Crippen molar-refractivity contribution in [2.45, 2.75) is 27.7 Å². The highest BCUT2D eigenvalue weighted by Gasteiger charge is 2.61. The molecule has 1 aromatic rings. The van der Waals surface area contributed by atoms with Crippen molar-refractivity contribution in [3.8, 4) is 5.75 Å². The highest BCUT2D eigenvalue weighted by atomic mass is 16.3. The van der Waals surface area contributed by atoms with Crippen LogP contribution in [-0.2, 0) is 4.79 Å². The summed E-state index contributed by atoms with van der Waals surface area (Å²) in [5.41, 5.74) is 2.22. The molecule has 0 unspecified atom stereocenters. The normalized spacial score (nSPS) is 25.3. The number of aromatic hydroxyl groups is 1. The number of rotatable bonds is 3. The molecule has 1 saturated carbocycles. The van der Waals surface area contributed by atoms with E-state index in [4.69, 9.17) is 0 Å². The molecule has 1 amide bonds. The van der Waals surface area contributed by atoms with Gasteiger partial charge >= 0.3 is 0 Å². The Morgan fingerprint density at radius 3 is 2.38 bits per heavy atom. The first kappa shape index (κ1) is 16.9. The molecule has 0 radical (unpaired) electrons. The maximum atomic E-state index is 12.9. The summed E-state index contributed by atoms with van der Waals surface area (Å²) in [6, 6.07) is 7.41. The number of hydrogen-bond acceptors (Lipinski definition) is 3. The van der Waals surface area contributed by atoms with Crippen LogP contribution in [0.15, 0.2) is 35.9 Å². The van der Waals surface area contributed by atoms with E-state index < -0.39 is 0 Å². The molecule has 1 saturated heterocycles. The van der Waals surface area contributed by atoms with Crippen molar-refractivity contribution in [3.63, 3.8) is 0 Å². The van der Waals surface area contributed by atoms with E-state index in [2.05, 4.69) is 38.7 Å². The SMILES string of the molecule is CC(C)=C[C@@H]1[C@H](C(=O)N2CCN(c3ccccc3O)CC2)C1(C)C. The molecule has 2 fully saturated rings. The van der Waals surface area contributed by atoms with Gasteiger partial charge in [0.1, 0.15) is 5.75 Å². The third kappa shape index (κ3) is 3.02. The van der Waals surface area contributed by atoms with E-state index in [1.165, 1.54) is 5.57 Å². The Morgan fingerprint density at radius 1 is 1.17 bits per heavy atom. The smallest absolute Gasteiger partial charge is 0.226 e. The Balaban J connectivity index is 1.62. The molecule has 1 aliphatic heterocycles. The summed E-state index contributed by atoms with van der Waals surface area (Å²) in [6.45, 7) is 11.6. The van der Waals surface area contributed by atoms with Gasteiger partial charge in [0.05, 0.1) is 11.6 Å². The van der Waals surface area contributed by atoms with Crippen molar-refractivity contribution < 1.29 is 9.90 Å². The van der Waals surface area contributed by atoms with Gasteiger partial charge in [-0.3, -0.25) is 4.79 Å². The quantitative estimate of drug-likeness (QED) is 0.866. The van der Waals surface area contributed by atoms with Crippen LogP contribution in [0.4, 0.5) is 5.69 Å². The first-order valence-electron chi connectivity index (χ1n) is 8.79. The number of carbonyl (C=O) groups excluding carboxylic acids is 1. The third-order valence-electron chi connectivity index (χ3n) is 5.50. The second-order valence-corrected chi connectivity index (χ2v) is 7.87. The number of para-hydroxylation sites is 2. The average Bonchev–Trinajstić information content (AvgIpc) is 3.07. The van der Waals surface area contributed by atoms with Gasteiger partial charge in [-0.15, -0.1) is 0 Å².